The van der Waals surface area contributed by atoms with Crippen molar-refractivity contribution in [1.29, 1.82) is 0 Å². The van der Waals surface area contributed by atoms with Crippen LogP contribution in [0, 0.1) is 16.0 Å². The van der Waals surface area contributed by atoms with Crippen molar-refractivity contribution in [3.8, 4) is 5.75 Å². The predicted octanol–water partition coefficient (Wildman–Crippen LogP) is 2.35. The summed E-state index contributed by atoms with van der Waals surface area (Å²) in [6, 6.07) is 4.42. The van der Waals surface area contributed by atoms with E-state index in [-0.39, 0.29) is 17.5 Å². The van der Waals surface area contributed by atoms with Crippen LogP contribution < -0.4 is 9.64 Å². The third kappa shape index (κ3) is 2.70. The molecule has 1 unspecified atom stereocenters. The third-order valence-electron chi connectivity index (χ3n) is 3.09. The highest BCUT2D eigenvalue weighted by Gasteiger charge is 2.33. The highest BCUT2D eigenvalue weighted by atomic mass is 79.9. The molecule has 0 spiro atoms. The first-order chi connectivity index (χ1) is 9.06. The first-order valence-corrected chi connectivity index (χ1v) is 6.87. The molecule has 1 aromatic rings. The number of ether oxygens (including phenoxy) is 1. The van der Waals surface area contributed by atoms with Gasteiger partial charge in [0.15, 0.2) is 0 Å². The number of alkyl halides is 1. The number of benzene rings is 1. The van der Waals surface area contributed by atoms with Gasteiger partial charge in [0.25, 0.3) is 5.69 Å². The van der Waals surface area contributed by atoms with Crippen LogP contribution in [0.25, 0.3) is 0 Å². The maximum Gasteiger partial charge on any atom is 0.293 e. The first kappa shape index (κ1) is 13.8. The molecule has 6 nitrogen and oxygen atoms in total. The number of hydrogen-bond acceptors (Lipinski definition) is 4. The van der Waals surface area contributed by atoms with Gasteiger partial charge in [-0.3, -0.25) is 14.9 Å². The van der Waals surface area contributed by atoms with Crippen LogP contribution in [0.3, 0.4) is 0 Å². The Balaban J connectivity index is 2.42. The van der Waals surface area contributed by atoms with E-state index in [4.69, 9.17) is 4.74 Å². The average molecular weight is 329 g/mol. The number of rotatable bonds is 4. The smallest absolute Gasteiger partial charge is 0.293 e. The van der Waals surface area contributed by atoms with Gasteiger partial charge in [-0.15, -0.1) is 0 Å². The van der Waals surface area contributed by atoms with E-state index in [0.717, 1.165) is 0 Å². The van der Waals surface area contributed by atoms with Crippen molar-refractivity contribution in [3.63, 3.8) is 0 Å². The minimum absolute atomic E-state index is 0.0793. The van der Waals surface area contributed by atoms with E-state index in [9.17, 15) is 14.9 Å². The van der Waals surface area contributed by atoms with Gasteiger partial charge in [0.1, 0.15) is 11.4 Å². The fourth-order valence-corrected chi connectivity index (χ4v) is 2.55. The van der Waals surface area contributed by atoms with Gasteiger partial charge in [0.2, 0.25) is 5.91 Å². The van der Waals surface area contributed by atoms with E-state index in [0.29, 0.717) is 29.7 Å². The van der Waals surface area contributed by atoms with Crippen molar-refractivity contribution in [2.24, 2.45) is 5.92 Å². The molecule has 1 saturated heterocycles. The molecule has 0 saturated carbocycles. The van der Waals surface area contributed by atoms with E-state index in [2.05, 4.69) is 15.9 Å². The molecule has 1 fully saturated rings. The number of amides is 1. The monoisotopic (exact) mass is 328 g/mol. The van der Waals surface area contributed by atoms with Crippen LogP contribution >= 0.6 is 15.9 Å². The lowest BCUT2D eigenvalue weighted by molar-refractivity contribution is -0.384. The van der Waals surface area contributed by atoms with E-state index < -0.39 is 4.92 Å². The zero-order valence-corrected chi connectivity index (χ0v) is 11.9. The minimum Gasteiger partial charge on any atom is -0.497 e. The van der Waals surface area contributed by atoms with E-state index in [1.165, 1.54) is 30.2 Å². The van der Waals surface area contributed by atoms with Crippen LogP contribution in [0.15, 0.2) is 18.2 Å². The predicted molar refractivity (Wildman–Crippen MR) is 73.9 cm³/mol. The lowest BCUT2D eigenvalue weighted by Gasteiger charge is -2.17. The topological polar surface area (TPSA) is 72.7 Å². The van der Waals surface area contributed by atoms with E-state index >= 15 is 0 Å². The molecule has 102 valence electrons. The Bertz CT molecular complexity index is 520. The molecular formula is C12H13BrN2O4. The molecule has 0 bridgehead atoms. The molecule has 19 heavy (non-hydrogen) atoms. The van der Waals surface area contributed by atoms with Crippen LogP contribution in [0.1, 0.15) is 6.42 Å². The number of hydrogen-bond donors (Lipinski definition) is 0. The molecule has 1 aliphatic rings. The van der Waals surface area contributed by atoms with Gasteiger partial charge < -0.3 is 9.64 Å². The van der Waals surface area contributed by atoms with Crippen molar-refractivity contribution in [1.82, 2.24) is 0 Å². The Morgan fingerprint density at radius 1 is 1.58 bits per heavy atom. The summed E-state index contributed by atoms with van der Waals surface area (Å²) in [7, 11) is 1.48. The lowest BCUT2D eigenvalue weighted by atomic mass is 10.2. The van der Waals surface area contributed by atoms with Crippen molar-refractivity contribution < 1.29 is 14.5 Å². The van der Waals surface area contributed by atoms with E-state index in [1.54, 1.807) is 0 Å². The summed E-state index contributed by atoms with van der Waals surface area (Å²) in [5, 5.41) is 11.8. The second-order valence-corrected chi connectivity index (χ2v) is 4.99. The number of nitro groups is 1. The van der Waals surface area contributed by atoms with Gasteiger partial charge in [-0.2, -0.15) is 0 Å². The Morgan fingerprint density at radius 2 is 2.32 bits per heavy atom. The van der Waals surface area contributed by atoms with E-state index in [1.807, 2.05) is 0 Å². The Hall–Kier alpha value is -1.63. The zero-order valence-electron chi connectivity index (χ0n) is 10.3. The van der Waals surface area contributed by atoms with Crippen LogP contribution in [0.2, 0.25) is 0 Å². The standard InChI is InChI=1S/C12H13BrN2O4/c1-19-9-2-3-10(15(17)18)11(5-9)14-7-8(6-13)4-12(14)16/h2-3,5,8H,4,6-7H2,1H3. The fraction of sp³-hybridized carbons (Fsp3) is 0.417. The van der Waals surface area contributed by atoms with Crippen LogP contribution in [0.4, 0.5) is 11.4 Å². The molecule has 0 radical (unpaired) electrons. The molecule has 1 atom stereocenters. The Kier molecular flexibility index (Phi) is 4.04. The largest absolute Gasteiger partial charge is 0.497 e. The van der Waals surface area contributed by atoms with Crippen molar-refractivity contribution >= 4 is 33.2 Å². The zero-order chi connectivity index (χ0) is 14.0. The number of halogens is 1. The van der Waals surface area contributed by atoms with Crippen LogP contribution in [-0.4, -0.2) is 29.8 Å². The summed E-state index contributed by atoms with van der Waals surface area (Å²) in [5.74, 6) is 0.579. The minimum atomic E-state index is -0.483. The lowest BCUT2D eigenvalue weighted by Crippen LogP contribution is -2.25. The molecule has 0 aliphatic carbocycles. The van der Waals surface area contributed by atoms with Crippen molar-refractivity contribution in [2.45, 2.75) is 6.42 Å². The second kappa shape index (κ2) is 5.56. The number of methoxy groups -OCH3 is 1. The molecular weight excluding hydrogens is 316 g/mol. The summed E-state index contributed by atoms with van der Waals surface area (Å²) < 4.78 is 5.07. The summed E-state index contributed by atoms with van der Waals surface area (Å²) >= 11 is 3.34. The average Bonchev–Trinajstić information content (AvgIpc) is 2.79. The third-order valence-corrected chi connectivity index (χ3v) is 4.01. The second-order valence-electron chi connectivity index (χ2n) is 4.34. The number of nitro benzene ring substituents is 1. The van der Waals surface area contributed by atoms with Gasteiger partial charge in [0, 0.05) is 30.4 Å². The molecule has 0 N–H and O–H groups in total. The normalized spacial score (nSPS) is 18.7. The van der Waals surface area contributed by atoms with Crippen LogP contribution in [-0.2, 0) is 4.79 Å². The van der Waals surface area contributed by atoms with Crippen LogP contribution in [0.5, 0.6) is 5.75 Å². The summed E-state index contributed by atoms with van der Waals surface area (Å²) in [6.07, 6.45) is 0.402. The molecule has 1 amide bonds. The number of nitrogens with zero attached hydrogens (tertiary/aromatic N) is 2. The number of anilines is 1. The van der Waals surface area contributed by atoms with Gasteiger partial charge in [-0.1, -0.05) is 15.9 Å². The number of carbonyl (C=O) groups is 1. The highest BCUT2D eigenvalue weighted by Crippen LogP contribution is 2.36. The summed E-state index contributed by atoms with van der Waals surface area (Å²) in [5.41, 5.74) is 0.224. The van der Waals surface area contributed by atoms with Crippen molar-refractivity contribution in [2.75, 3.05) is 23.9 Å². The first-order valence-electron chi connectivity index (χ1n) is 5.75. The van der Waals surface area contributed by atoms with Gasteiger partial charge in [-0.05, 0) is 12.0 Å². The molecule has 2 rings (SSSR count). The SMILES string of the molecule is COc1ccc([N+](=O)[O-])c(N2CC(CBr)CC2=O)c1. The Morgan fingerprint density at radius 3 is 2.84 bits per heavy atom. The molecule has 0 aromatic heterocycles. The summed E-state index contributed by atoms with van der Waals surface area (Å²) in [4.78, 5) is 24.0. The summed E-state index contributed by atoms with van der Waals surface area (Å²) in [6.45, 7) is 0.484. The Labute approximate surface area is 118 Å². The maximum atomic E-state index is 12.0. The molecule has 1 heterocycles. The molecule has 1 aliphatic heterocycles. The van der Waals surface area contributed by atoms with Gasteiger partial charge in [0.05, 0.1) is 12.0 Å². The van der Waals surface area contributed by atoms with Crippen molar-refractivity contribution in [3.05, 3.63) is 28.3 Å². The highest BCUT2D eigenvalue weighted by molar-refractivity contribution is 9.09. The van der Waals surface area contributed by atoms with Gasteiger partial charge >= 0.3 is 0 Å². The maximum absolute atomic E-state index is 12.0. The molecule has 7 heteroatoms. The quantitative estimate of drug-likeness (QED) is 0.483. The fourth-order valence-electron chi connectivity index (χ4n) is 2.12. The van der Waals surface area contributed by atoms with Gasteiger partial charge in [-0.25, -0.2) is 0 Å². The molecule has 1 aromatic carbocycles. The number of carbonyl (C=O) groups excluding carboxylic acids is 1.